The molecule has 0 saturated heterocycles. The zero-order valence-electron chi connectivity index (χ0n) is 16.5. The van der Waals surface area contributed by atoms with Crippen LogP contribution in [-0.4, -0.2) is 11.7 Å². The topological polar surface area (TPSA) is 59.3 Å². The molecule has 4 nitrogen and oxygen atoms in total. The fourth-order valence-electron chi connectivity index (χ4n) is 3.11. The molecule has 4 rings (SSSR count). The number of aryl methyl sites for hydroxylation is 1. The first-order chi connectivity index (χ1) is 14.9. The lowest BCUT2D eigenvalue weighted by molar-refractivity contribution is -0.111. The lowest BCUT2D eigenvalue weighted by Crippen LogP contribution is -2.11. The Morgan fingerprint density at radius 2 is 1.77 bits per heavy atom. The summed E-state index contributed by atoms with van der Waals surface area (Å²) < 4.78 is 19.7. The van der Waals surface area contributed by atoms with Gasteiger partial charge in [0.25, 0.3) is 0 Å². The minimum atomic E-state index is -0.521. The van der Waals surface area contributed by atoms with E-state index in [1.807, 2.05) is 0 Å². The Morgan fingerprint density at radius 3 is 2.52 bits per heavy atom. The highest BCUT2D eigenvalue weighted by atomic mass is 35.5. The van der Waals surface area contributed by atoms with E-state index >= 15 is 0 Å². The summed E-state index contributed by atoms with van der Waals surface area (Å²) in [5.74, 6) is -1.51. The zero-order valence-corrected chi connectivity index (χ0v) is 17.2. The molecule has 0 aliphatic heterocycles. The van der Waals surface area contributed by atoms with Crippen molar-refractivity contribution in [1.82, 2.24) is 0 Å². The van der Waals surface area contributed by atoms with Crippen molar-refractivity contribution in [3.63, 3.8) is 0 Å². The summed E-state index contributed by atoms with van der Waals surface area (Å²) >= 11 is 5.87. The smallest absolute Gasteiger partial charge is 0.248 e. The second kappa shape index (κ2) is 8.58. The van der Waals surface area contributed by atoms with Gasteiger partial charge >= 0.3 is 0 Å². The van der Waals surface area contributed by atoms with Crippen LogP contribution >= 0.6 is 11.6 Å². The second-order valence-electron chi connectivity index (χ2n) is 6.97. The lowest BCUT2D eigenvalue weighted by Gasteiger charge is -2.05. The Balaban J connectivity index is 1.67. The van der Waals surface area contributed by atoms with Crippen LogP contribution in [0.3, 0.4) is 0 Å². The van der Waals surface area contributed by atoms with Crippen LogP contribution in [0.4, 0.5) is 10.1 Å². The number of carbonyl (C=O) groups excluding carboxylic acids is 2. The van der Waals surface area contributed by atoms with E-state index in [-0.39, 0.29) is 17.0 Å². The van der Waals surface area contributed by atoms with Crippen LogP contribution in [0, 0.1) is 12.7 Å². The number of amides is 1. The Labute approximate surface area is 182 Å². The summed E-state index contributed by atoms with van der Waals surface area (Å²) in [6, 6.07) is 18.2. The number of furan rings is 1. The molecule has 0 unspecified atom stereocenters. The summed E-state index contributed by atoms with van der Waals surface area (Å²) in [6.45, 7) is 1.61. The number of rotatable bonds is 5. The van der Waals surface area contributed by atoms with Gasteiger partial charge in [-0.05, 0) is 54.5 Å². The van der Waals surface area contributed by atoms with E-state index < -0.39 is 17.5 Å². The van der Waals surface area contributed by atoms with E-state index in [2.05, 4.69) is 5.32 Å². The monoisotopic (exact) mass is 433 g/mol. The normalized spacial score (nSPS) is 11.2. The quantitative estimate of drug-likeness (QED) is 0.292. The van der Waals surface area contributed by atoms with Crippen molar-refractivity contribution >= 4 is 46.0 Å². The van der Waals surface area contributed by atoms with Crippen LogP contribution in [0.2, 0.25) is 5.02 Å². The maximum absolute atomic E-state index is 14.0. The van der Waals surface area contributed by atoms with Crippen LogP contribution in [0.5, 0.6) is 0 Å². The number of hydrogen-bond acceptors (Lipinski definition) is 3. The third kappa shape index (κ3) is 4.42. The Bertz CT molecular complexity index is 1320. The summed E-state index contributed by atoms with van der Waals surface area (Å²) in [5.41, 5.74) is 2.04. The molecule has 6 heteroatoms. The molecule has 1 N–H and O–H groups in total. The molecule has 4 aromatic rings. The van der Waals surface area contributed by atoms with Gasteiger partial charge in [-0.25, -0.2) is 4.39 Å². The summed E-state index contributed by atoms with van der Waals surface area (Å²) in [7, 11) is 0. The maximum atomic E-state index is 14.0. The molecule has 0 bridgehead atoms. The van der Waals surface area contributed by atoms with Crippen molar-refractivity contribution in [2.45, 2.75) is 6.92 Å². The van der Waals surface area contributed by atoms with Gasteiger partial charge in [0.05, 0.1) is 5.69 Å². The lowest BCUT2D eigenvalue weighted by atomic mass is 10.0. The molecule has 0 spiro atoms. The highest BCUT2D eigenvalue weighted by Crippen LogP contribution is 2.32. The third-order valence-corrected chi connectivity index (χ3v) is 5.03. The fraction of sp³-hybridized carbons (Fsp3) is 0.0400. The number of halogens is 2. The molecule has 1 aromatic heterocycles. The molecule has 0 saturated carbocycles. The van der Waals surface area contributed by atoms with Crippen LogP contribution in [0.15, 0.2) is 77.2 Å². The summed E-state index contributed by atoms with van der Waals surface area (Å²) in [5, 5.41) is 3.91. The van der Waals surface area contributed by atoms with Crippen molar-refractivity contribution in [3.8, 4) is 0 Å². The van der Waals surface area contributed by atoms with Gasteiger partial charge in [0.2, 0.25) is 11.7 Å². The minimum absolute atomic E-state index is 0.0577. The van der Waals surface area contributed by atoms with E-state index in [4.69, 9.17) is 16.0 Å². The molecular weight excluding hydrogens is 417 g/mol. The van der Waals surface area contributed by atoms with Crippen molar-refractivity contribution in [3.05, 3.63) is 106 Å². The van der Waals surface area contributed by atoms with Crippen molar-refractivity contribution in [2.75, 3.05) is 5.32 Å². The number of benzene rings is 3. The van der Waals surface area contributed by atoms with Crippen LogP contribution in [0.25, 0.3) is 17.0 Å². The molecular formula is C25H17ClFNO3. The van der Waals surface area contributed by atoms with Gasteiger partial charge in [-0.15, -0.1) is 0 Å². The van der Waals surface area contributed by atoms with Gasteiger partial charge < -0.3 is 9.73 Å². The molecule has 0 radical (unpaired) electrons. The molecule has 1 amide bonds. The van der Waals surface area contributed by atoms with Gasteiger partial charge in [-0.2, -0.15) is 0 Å². The molecule has 0 aliphatic rings. The highest BCUT2D eigenvalue weighted by Gasteiger charge is 2.23. The standard InChI is InChI=1S/C25H17ClFNO3/c1-15-6-10-17(14-20(15)27)24(30)25-23(19-4-2-3-5-21(19)31-25)28-22(29)13-9-16-7-11-18(26)12-8-16/h2-14H,1H3,(H,28,29)/b13-9+. The number of hydrogen-bond donors (Lipinski definition) is 1. The van der Waals surface area contributed by atoms with Crippen LogP contribution in [-0.2, 0) is 4.79 Å². The van der Waals surface area contributed by atoms with E-state index in [1.165, 1.54) is 18.2 Å². The van der Waals surface area contributed by atoms with Crippen molar-refractivity contribution < 1.29 is 18.4 Å². The highest BCUT2D eigenvalue weighted by molar-refractivity contribution is 6.30. The Kier molecular flexibility index (Phi) is 5.69. The van der Waals surface area contributed by atoms with Gasteiger partial charge in [0.15, 0.2) is 5.76 Å². The summed E-state index contributed by atoms with van der Waals surface area (Å²) in [6.07, 6.45) is 2.98. The number of para-hydroxylation sites is 1. The third-order valence-electron chi connectivity index (χ3n) is 4.78. The van der Waals surface area contributed by atoms with Gasteiger partial charge in [0, 0.05) is 22.0 Å². The zero-order chi connectivity index (χ0) is 22.0. The number of ketones is 1. The number of anilines is 1. The molecule has 0 fully saturated rings. The predicted molar refractivity (Wildman–Crippen MR) is 120 cm³/mol. The van der Waals surface area contributed by atoms with E-state index in [0.29, 0.717) is 21.6 Å². The molecule has 31 heavy (non-hydrogen) atoms. The average molecular weight is 434 g/mol. The molecule has 3 aromatic carbocycles. The van der Waals surface area contributed by atoms with Crippen molar-refractivity contribution in [2.24, 2.45) is 0 Å². The number of carbonyl (C=O) groups is 2. The first-order valence-electron chi connectivity index (χ1n) is 9.49. The molecule has 0 aliphatic carbocycles. The van der Waals surface area contributed by atoms with E-state index in [1.54, 1.807) is 61.5 Å². The fourth-order valence-corrected chi connectivity index (χ4v) is 3.23. The van der Waals surface area contributed by atoms with E-state index in [0.717, 1.165) is 11.6 Å². The molecule has 154 valence electrons. The van der Waals surface area contributed by atoms with Gasteiger partial charge in [-0.3, -0.25) is 9.59 Å². The first-order valence-corrected chi connectivity index (χ1v) is 9.87. The average Bonchev–Trinajstić information content (AvgIpc) is 3.13. The summed E-state index contributed by atoms with van der Waals surface area (Å²) in [4.78, 5) is 25.6. The van der Waals surface area contributed by atoms with Crippen molar-refractivity contribution in [1.29, 1.82) is 0 Å². The van der Waals surface area contributed by atoms with Crippen LogP contribution < -0.4 is 5.32 Å². The number of nitrogens with one attached hydrogen (secondary N) is 1. The largest absolute Gasteiger partial charge is 0.450 e. The minimum Gasteiger partial charge on any atom is -0.450 e. The molecule has 1 heterocycles. The Morgan fingerprint density at radius 1 is 1.03 bits per heavy atom. The second-order valence-corrected chi connectivity index (χ2v) is 7.41. The SMILES string of the molecule is Cc1ccc(C(=O)c2oc3ccccc3c2NC(=O)/C=C/c2ccc(Cl)cc2)cc1F. The van der Waals surface area contributed by atoms with Gasteiger partial charge in [0.1, 0.15) is 11.4 Å². The predicted octanol–water partition coefficient (Wildman–Crippen LogP) is 6.42. The Hall–Kier alpha value is -3.70. The van der Waals surface area contributed by atoms with Gasteiger partial charge in [-0.1, -0.05) is 48.0 Å². The number of fused-ring (bicyclic) bond motifs is 1. The maximum Gasteiger partial charge on any atom is 0.248 e. The first kappa shape index (κ1) is 20.6. The van der Waals surface area contributed by atoms with E-state index in [9.17, 15) is 14.0 Å². The molecule has 0 atom stereocenters. The van der Waals surface area contributed by atoms with Crippen LogP contribution in [0.1, 0.15) is 27.2 Å².